The fourth-order valence-electron chi connectivity index (χ4n) is 8.57. The molecule has 8 nitrogen and oxygen atoms in total. The minimum absolute atomic E-state index is 0.416. The zero-order valence-corrected chi connectivity index (χ0v) is 30.9. The summed E-state index contributed by atoms with van der Waals surface area (Å²) in [5.41, 5.74) is 9.68. The van der Waals surface area contributed by atoms with Crippen LogP contribution < -0.4 is 4.74 Å². The van der Waals surface area contributed by atoms with Crippen LogP contribution in [0.1, 0.15) is 75.7 Å². The average molecular weight is 708 g/mol. The second-order valence-corrected chi connectivity index (χ2v) is 14.3. The molecule has 0 bridgehead atoms. The number of hydrogen-bond donors (Lipinski definition) is 0. The molecule has 0 radical (unpaired) electrons. The van der Waals surface area contributed by atoms with Gasteiger partial charge in [-0.25, -0.2) is 14.6 Å². The fraction of sp³-hybridized carbons (Fsp3) is 0.196. The van der Waals surface area contributed by atoms with Gasteiger partial charge in [-0.1, -0.05) is 134 Å². The number of aryl methyl sites for hydroxylation is 3. The minimum Gasteiger partial charge on any atom is -0.489 e. The molecule has 3 aromatic heterocycles. The Morgan fingerprint density at radius 3 is 2.00 bits per heavy atom. The van der Waals surface area contributed by atoms with Gasteiger partial charge in [0.15, 0.2) is 11.5 Å². The highest BCUT2D eigenvalue weighted by atomic mass is 16.5. The van der Waals surface area contributed by atoms with E-state index in [-0.39, 0.29) is 0 Å². The maximum absolute atomic E-state index is 6.77. The van der Waals surface area contributed by atoms with Crippen molar-refractivity contribution in [2.75, 3.05) is 0 Å². The molecule has 9 rings (SSSR count). The molecule has 0 fully saturated rings. The maximum Gasteiger partial charge on any atom is 0.167 e. The van der Waals surface area contributed by atoms with Gasteiger partial charge in [0, 0.05) is 17.7 Å². The third-order valence-electron chi connectivity index (χ3n) is 11.1. The van der Waals surface area contributed by atoms with Crippen LogP contribution in [-0.2, 0) is 30.5 Å². The van der Waals surface area contributed by atoms with Crippen molar-refractivity contribution in [2.45, 2.75) is 58.2 Å². The van der Waals surface area contributed by atoms with Crippen molar-refractivity contribution in [1.82, 2.24) is 34.7 Å². The van der Waals surface area contributed by atoms with Crippen molar-refractivity contribution < 1.29 is 4.74 Å². The summed E-state index contributed by atoms with van der Waals surface area (Å²) in [6, 6.07) is 48.8. The summed E-state index contributed by atoms with van der Waals surface area (Å²) in [4.78, 5) is 9.95. The number of benzene rings is 5. The molecule has 0 aliphatic carbocycles. The van der Waals surface area contributed by atoms with Crippen LogP contribution in [0.2, 0.25) is 0 Å². The smallest absolute Gasteiger partial charge is 0.167 e. The highest BCUT2D eigenvalue weighted by molar-refractivity contribution is 5.76. The Labute approximate surface area is 315 Å². The molecular weight excluding hydrogens is 667 g/mol. The highest BCUT2D eigenvalue weighted by Crippen LogP contribution is 2.49. The van der Waals surface area contributed by atoms with Gasteiger partial charge in [0.2, 0.25) is 0 Å². The number of imidazole rings is 1. The monoisotopic (exact) mass is 707 g/mol. The molecular formula is C46H41N7O. The first-order chi connectivity index (χ1) is 26.4. The first-order valence-corrected chi connectivity index (χ1v) is 18.6. The SMILES string of the molecule is CCc1nc2c(C)cc(C)nc2n1Cc1ccc2c(c1)OCc1ccccc1C2(C)c1nnnn1C(c1ccccc1)(c1ccccc1)c1ccccc1. The van der Waals surface area contributed by atoms with Gasteiger partial charge in [-0.15, -0.1) is 5.10 Å². The van der Waals surface area contributed by atoms with Gasteiger partial charge in [0.1, 0.15) is 29.2 Å². The van der Waals surface area contributed by atoms with Crippen LogP contribution in [-0.4, -0.2) is 34.7 Å². The van der Waals surface area contributed by atoms with Gasteiger partial charge in [-0.2, -0.15) is 0 Å². The number of nitrogens with zero attached hydrogens (tertiary/aromatic N) is 7. The largest absolute Gasteiger partial charge is 0.489 e. The third-order valence-corrected chi connectivity index (χ3v) is 11.1. The maximum atomic E-state index is 6.77. The van der Waals surface area contributed by atoms with Crippen LogP contribution in [0.15, 0.2) is 140 Å². The summed E-state index contributed by atoms with van der Waals surface area (Å²) in [7, 11) is 0. The van der Waals surface area contributed by atoms with E-state index < -0.39 is 11.0 Å². The molecule has 266 valence electrons. The van der Waals surface area contributed by atoms with Crippen LogP contribution in [0, 0.1) is 13.8 Å². The minimum atomic E-state index is -0.907. The predicted octanol–water partition coefficient (Wildman–Crippen LogP) is 8.73. The molecule has 4 heterocycles. The van der Waals surface area contributed by atoms with Gasteiger partial charge >= 0.3 is 0 Å². The molecule has 1 unspecified atom stereocenters. The van der Waals surface area contributed by atoms with Crippen molar-refractivity contribution in [3.05, 3.63) is 201 Å². The van der Waals surface area contributed by atoms with Crippen molar-refractivity contribution in [2.24, 2.45) is 0 Å². The van der Waals surface area contributed by atoms with Crippen LogP contribution in [0.5, 0.6) is 5.75 Å². The lowest BCUT2D eigenvalue weighted by Gasteiger charge is -2.39. The molecule has 0 N–H and O–H groups in total. The number of hydrogen-bond acceptors (Lipinski definition) is 6. The molecule has 0 amide bonds. The van der Waals surface area contributed by atoms with Crippen molar-refractivity contribution in [3.8, 4) is 5.75 Å². The molecule has 0 saturated heterocycles. The molecule has 0 spiro atoms. The number of pyridine rings is 1. The van der Waals surface area contributed by atoms with E-state index in [9.17, 15) is 0 Å². The van der Waals surface area contributed by atoms with Gasteiger partial charge in [-0.3, -0.25) is 0 Å². The Balaban J connectivity index is 1.28. The van der Waals surface area contributed by atoms with Crippen LogP contribution in [0.3, 0.4) is 0 Å². The van der Waals surface area contributed by atoms with Crippen LogP contribution in [0.25, 0.3) is 11.2 Å². The topological polar surface area (TPSA) is 83.5 Å². The standard InChI is InChI=1S/C46H41N7O/c1-5-41-48-42-31(2)27-32(3)47-43(42)52(41)29-33-25-26-39-40(28-33)54-30-34-17-15-16-24-38(34)45(39,4)44-49-50-51-53(44)46(35-18-9-6-10-19-35,36-20-11-7-12-21-36)37-22-13-8-14-23-37/h6-28H,5,29-30H2,1-4H3. The van der Waals surface area contributed by atoms with E-state index >= 15 is 0 Å². The molecule has 0 saturated carbocycles. The Hall–Kier alpha value is -6.41. The lowest BCUT2D eigenvalue weighted by atomic mass is 9.71. The number of fused-ring (bicyclic) bond motifs is 3. The Morgan fingerprint density at radius 2 is 1.35 bits per heavy atom. The summed E-state index contributed by atoms with van der Waals surface area (Å²) in [6.07, 6.45) is 0.804. The fourth-order valence-corrected chi connectivity index (χ4v) is 8.57. The zero-order chi connectivity index (χ0) is 36.9. The number of ether oxygens (including phenoxy) is 1. The van der Waals surface area contributed by atoms with E-state index in [1.54, 1.807) is 0 Å². The summed E-state index contributed by atoms with van der Waals surface area (Å²) in [5.74, 6) is 2.51. The third kappa shape index (κ3) is 5.16. The van der Waals surface area contributed by atoms with E-state index in [4.69, 9.17) is 25.0 Å². The second-order valence-electron chi connectivity index (χ2n) is 14.3. The molecule has 54 heavy (non-hydrogen) atoms. The first kappa shape index (κ1) is 33.4. The summed E-state index contributed by atoms with van der Waals surface area (Å²) in [6.45, 7) is 9.57. The summed E-state index contributed by atoms with van der Waals surface area (Å²) in [5, 5.41) is 14.4. The van der Waals surface area contributed by atoms with E-state index in [0.717, 1.165) is 79.4 Å². The zero-order valence-electron chi connectivity index (χ0n) is 30.9. The van der Waals surface area contributed by atoms with E-state index in [1.165, 1.54) is 0 Å². The van der Waals surface area contributed by atoms with E-state index in [1.807, 2.05) is 29.8 Å². The normalized spacial score (nSPS) is 15.3. The molecule has 8 aromatic rings. The molecule has 8 heteroatoms. The van der Waals surface area contributed by atoms with Crippen molar-refractivity contribution in [1.29, 1.82) is 0 Å². The van der Waals surface area contributed by atoms with Crippen molar-refractivity contribution in [3.63, 3.8) is 0 Å². The highest BCUT2D eigenvalue weighted by Gasteiger charge is 2.48. The lowest BCUT2D eigenvalue weighted by molar-refractivity contribution is 0.305. The summed E-state index contributed by atoms with van der Waals surface area (Å²) < 4.78 is 11.1. The molecule has 5 aromatic carbocycles. The van der Waals surface area contributed by atoms with E-state index in [0.29, 0.717) is 19.0 Å². The number of aromatic nitrogens is 7. The van der Waals surface area contributed by atoms with Crippen molar-refractivity contribution >= 4 is 11.2 Å². The summed E-state index contributed by atoms with van der Waals surface area (Å²) >= 11 is 0. The van der Waals surface area contributed by atoms with Crippen LogP contribution >= 0.6 is 0 Å². The first-order valence-electron chi connectivity index (χ1n) is 18.6. The average Bonchev–Trinajstić information content (AvgIpc) is 3.82. The van der Waals surface area contributed by atoms with Gasteiger partial charge in [0.05, 0.1) is 12.0 Å². The lowest BCUT2D eigenvalue weighted by Crippen LogP contribution is -2.43. The van der Waals surface area contributed by atoms with Gasteiger partial charge in [0.25, 0.3) is 0 Å². The Morgan fingerprint density at radius 1 is 0.722 bits per heavy atom. The number of rotatable bonds is 8. The molecule has 1 atom stereocenters. The quantitative estimate of drug-likeness (QED) is 0.147. The number of tetrazole rings is 1. The predicted molar refractivity (Wildman–Crippen MR) is 211 cm³/mol. The van der Waals surface area contributed by atoms with Gasteiger partial charge < -0.3 is 9.30 Å². The molecule has 1 aliphatic heterocycles. The Kier molecular flexibility index (Phi) is 8.18. The molecule has 1 aliphatic rings. The van der Waals surface area contributed by atoms with Gasteiger partial charge in [-0.05, 0) is 82.3 Å². The Bertz CT molecular complexity index is 2520. The second kappa shape index (κ2) is 13.2. The van der Waals surface area contributed by atoms with Crippen LogP contribution in [0.4, 0.5) is 0 Å². The van der Waals surface area contributed by atoms with E-state index in [2.05, 4.69) is 152 Å².